The summed E-state index contributed by atoms with van der Waals surface area (Å²) >= 11 is 0. The Labute approximate surface area is 160 Å². The highest BCUT2D eigenvalue weighted by Gasteiger charge is 2.11. The van der Waals surface area contributed by atoms with Crippen molar-refractivity contribution in [2.24, 2.45) is 0 Å². The van der Waals surface area contributed by atoms with Gasteiger partial charge in [0.2, 0.25) is 0 Å². The lowest BCUT2D eigenvalue weighted by Gasteiger charge is -2.06. The number of aromatic amines is 1. The molecule has 0 fully saturated rings. The second-order valence-electron chi connectivity index (χ2n) is 6.14. The van der Waals surface area contributed by atoms with Gasteiger partial charge in [0.25, 0.3) is 5.91 Å². The minimum atomic E-state index is -0.319. The number of nitrogens with zero attached hydrogens (tertiary/aromatic N) is 3. The zero-order chi connectivity index (χ0) is 19.3. The second-order valence-corrected chi connectivity index (χ2v) is 6.14. The van der Waals surface area contributed by atoms with E-state index in [0.717, 1.165) is 22.4 Å². The SMILES string of the molecule is O=C(NCc1ccnc(-c2ccncc2)c1)c1cc(-c2ccc(F)cc2)n[nH]1. The molecule has 0 atom stereocenters. The minimum Gasteiger partial charge on any atom is -0.347 e. The summed E-state index contributed by atoms with van der Waals surface area (Å²) in [7, 11) is 0. The molecule has 138 valence electrons. The molecule has 0 radical (unpaired) electrons. The van der Waals surface area contributed by atoms with Crippen LogP contribution < -0.4 is 5.32 Å². The van der Waals surface area contributed by atoms with E-state index in [9.17, 15) is 9.18 Å². The molecule has 3 heterocycles. The zero-order valence-corrected chi connectivity index (χ0v) is 14.8. The van der Waals surface area contributed by atoms with Crippen LogP contribution in [0.5, 0.6) is 0 Å². The average molecular weight is 373 g/mol. The first-order chi connectivity index (χ1) is 13.7. The molecule has 1 amide bonds. The van der Waals surface area contributed by atoms with E-state index in [2.05, 4.69) is 25.5 Å². The molecule has 6 nitrogen and oxygen atoms in total. The maximum Gasteiger partial charge on any atom is 0.269 e. The highest BCUT2D eigenvalue weighted by molar-refractivity contribution is 5.93. The van der Waals surface area contributed by atoms with E-state index < -0.39 is 0 Å². The Balaban J connectivity index is 1.43. The third-order valence-corrected chi connectivity index (χ3v) is 4.22. The molecule has 0 aliphatic rings. The summed E-state index contributed by atoms with van der Waals surface area (Å²) in [4.78, 5) is 20.8. The van der Waals surface area contributed by atoms with Gasteiger partial charge in [0.1, 0.15) is 11.5 Å². The van der Waals surface area contributed by atoms with E-state index in [1.54, 1.807) is 36.8 Å². The lowest BCUT2D eigenvalue weighted by Crippen LogP contribution is -2.23. The van der Waals surface area contributed by atoms with Gasteiger partial charge in [-0.25, -0.2) is 4.39 Å². The third-order valence-electron chi connectivity index (χ3n) is 4.22. The summed E-state index contributed by atoms with van der Waals surface area (Å²) in [6.07, 6.45) is 5.13. The van der Waals surface area contributed by atoms with Crippen LogP contribution in [0.3, 0.4) is 0 Å². The predicted octanol–water partition coefficient (Wildman–Crippen LogP) is 3.60. The molecule has 28 heavy (non-hydrogen) atoms. The molecule has 2 N–H and O–H groups in total. The van der Waals surface area contributed by atoms with E-state index in [4.69, 9.17) is 0 Å². The van der Waals surface area contributed by atoms with E-state index >= 15 is 0 Å². The highest BCUT2D eigenvalue weighted by atomic mass is 19.1. The fourth-order valence-electron chi connectivity index (χ4n) is 2.75. The number of carbonyl (C=O) groups excluding carboxylic acids is 1. The Bertz CT molecular complexity index is 1090. The van der Waals surface area contributed by atoms with Crippen LogP contribution in [0.15, 0.2) is 73.2 Å². The molecule has 0 aliphatic heterocycles. The molecule has 4 rings (SSSR count). The Morgan fingerprint density at radius 3 is 2.46 bits per heavy atom. The van der Waals surface area contributed by atoms with Crippen LogP contribution >= 0.6 is 0 Å². The number of amides is 1. The number of halogens is 1. The van der Waals surface area contributed by atoms with Crippen LogP contribution in [0.1, 0.15) is 16.1 Å². The molecule has 0 spiro atoms. The van der Waals surface area contributed by atoms with Crippen molar-refractivity contribution in [2.45, 2.75) is 6.54 Å². The number of aromatic nitrogens is 4. The van der Waals surface area contributed by atoms with Gasteiger partial charge in [0.15, 0.2) is 0 Å². The molecule has 1 aromatic carbocycles. The van der Waals surface area contributed by atoms with Gasteiger partial charge in [-0.15, -0.1) is 0 Å². The van der Waals surface area contributed by atoms with Gasteiger partial charge in [-0.2, -0.15) is 5.10 Å². The second kappa shape index (κ2) is 7.79. The van der Waals surface area contributed by atoms with E-state index in [0.29, 0.717) is 17.9 Å². The zero-order valence-electron chi connectivity index (χ0n) is 14.8. The summed E-state index contributed by atoms with van der Waals surface area (Å²) in [5.74, 6) is -0.594. The van der Waals surface area contributed by atoms with Gasteiger partial charge in [-0.3, -0.25) is 19.9 Å². The van der Waals surface area contributed by atoms with Gasteiger partial charge >= 0.3 is 0 Å². The Morgan fingerprint density at radius 2 is 1.68 bits per heavy atom. The van der Waals surface area contributed by atoms with E-state index in [1.807, 2.05) is 24.3 Å². The van der Waals surface area contributed by atoms with Gasteiger partial charge in [-0.1, -0.05) is 0 Å². The fourth-order valence-corrected chi connectivity index (χ4v) is 2.75. The molecule has 0 saturated carbocycles. The summed E-state index contributed by atoms with van der Waals surface area (Å²) in [5.41, 5.74) is 4.34. The summed E-state index contributed by atoms with van der Waals surface area (Å²) in [5, 5.41) is 9.70. The molecule has 0 bridgehead atoms. The topological polar surface area (TPSA) is 83.6 Å². The Kier molecular flexibility index (Phi) is 4.88. The molecule has 0 saturated heterocycles. The van der Waals surface area contributed by atoms with Crippen molar-refractivity contribution >= 4 is 5.91 Å². The number of pyridine rings is 2. The molecular weight excluding hydrogens is 357 g/mol. The fraction of sp³-hybridized carbons (Fsp3) is 0.0476. The number of benzene rings is 1. The molecular formula is C21H16FN5O. The quantitative estimate of drug-likeness (QED) is 0.560. The van der Waals surface area contributed by atoms with Crippen molar-refractivity contribution < 1.29 is 9.18 Å². The van der Waals surface area contributed by atoms with E-state index in [1.165, 1.54) is 12.1 Å². The molecule has 7 heteroatoms. The number of hydrogen-bond donors (Lipinski definition) is 2. The summed E-state index contributed by atoms with van der Waals surface area (Å²) < 4.78 is 13.0. The van der Waals surface area contributed by atoms with Gasteiger partial charge in [0.05, 0.1) is 11.4 Å². The normalized spacial score (nSPS) is 10.6. The standard InChI is InChI=1S/C21H16FN5O/c22-17-3-1-15(2-4-17)19-12-20(27-26-19)21(28)25-13-14-5-10-24-18(11-14)16-6-8-23-9-7-16/h1-12H,13H2,(H,25,28)(H,26,27). The van der Waals surface area contributed by atoms with Crippen molar-refractivity contribution in [2.75, 3.05) is 0 Å². The third kappa shape index (κ3) is 3.93. The van der Waals surface area contributed by atoms with Crippen LogP contribution in [0.2, 0.25) is 0 Å². The first-order valence-corrected chi connectivity index (χ1v) is 8.64. The molecule has 3 aromatic heterocycles. The minimum absolute atomic E-state index is 0.275. The molecule has 4 aromatic rings. The van der Waals surface area contributed by atoms with Crippen molar-refractivity contribution in [3.8, 4) is 22.5 Å². The van der Waals surface area contributed by atoms with Crippen LogP contribution in [0.4, 0.5) is 4.39 Å². The van der Waals surface area contributed by atoms with Crippen LogP contribution in [-0.2, 0) is 6.54 Å². The smallest absolute Gasteiger partial charge is 0.269 e. The first-order valence-electron chi connectivity index (χ1n) is 8.64. The summed E-state index contributed by atoms with van der Waals surface area (Å²) in [6.45, 7) is 0.352. The van der Waals surface area contributed by atoms with Gasteiger partial charge in [0, 0.05) is 36.3 Å². The lowest BCUT2D eigenvalue weighted by atomic mass is 10.1. The number of hydrogen-bond acceptors (Lipinski definition) is 4. The number of nitrogens with one attached hydrogen (secondary N) is 2. The van der Waals surface area contributed by atoms with E-state index in [-0.39, 0.29) is 11.7 Å². The van der Waals surface area contributed by atoms with Gasteiger partial charge in [-0.05, 0) is 60.2 Å². The van der Waals surface area contributed by atoms with Crippen LogP contribution in [0, 0.1) is 5.82 Å². The van der Waals surface area contributed by atoms with Crippen molar-refractivity contribution in [3.63, 3.8) is 0 Å². The Hall–Kier alpha value is -3.87. The largest absolute Gasteiger partial charge is 0.347 e. The first kappa shape index (κ1) is 17.5. The number of carbonyl (C=O) groups is 1. The maximum absolute atomic E-state index is 13.0. The Morgan fingerprint density at radius 1 is 0.929 bits per heavy atom. The lowest BCUT2D eigenvalue weighted by molar-refractivity contribution is 0.0946. The molecule has 0 unspecified atom stereocenters. The maximum atomic E-state index is 13.0. The van der Waals surface area contributed by atoms with Crippen LogP contribution in [-0.4, -0.2) is 26.1 Å². The van der Waals surface area contributed by atoms with Crippen molar-refractivity contribution in [1.29, 1.82) is 0 Å². The summed E-state index contributed by atoms with van der Waals surface area (Å²) in [6, 6.07) is 15.1. The number of rotatable bonds is 5. The number of H-pyrrole nitrogens is 1. The van der Waals surface area contributed by atoms with Gasteiger partial charge < -0.3 is 5.32 Å². The highest BCUT2D eigenvalue weighted by Crippen LogP contribution is 2.19. The van der Waals surface area contributed by atoms with Crippen LogP contribution in [0.25, 0.3) is 22.5 Å². The monoisotopic (exact) mass is 373 g/mol. The predicted molar refractivity (Wildman–Crippen MR) is 103 cm³/mol. The van der Waals surface area contributed by atoms with Crippen molar-refractivity contribution in [3.05, 3.63) is 90.3 Å². The van der Waals surface area contributed by atoms with Crippen molar-refractivity contribution in [1.82, 2.24) is 25.5 Å². The average Bonchev–Trinajstić information content (AvgIpc) is 3.24. The molecule has 0 aliphatic carbocycles.